The Morgan fingerprint density at radius 1 is 1.08 bits per heavy atom. The zero-order chi connectivity index (χ0) is 17.8. The number of rotatable bonds is 5. The molecule has 2 atom stereocenters. The third-order valence-corrected chi connectivity index (χ3v) is 4.63. The summed E-state index contributed by atoms with van der Waals surface area (Å²) in [6.45, 7) is 1.62. The van der Waals surface area contributed by atoms with Crippen molar-refractivity contribution in [3.63, 3.8) is 0 Å². The van der Waals surface area contributed by atoms with Crippen LogP contribution in [-0.4, -0.2) is 57.3 Å². The highest BCUT2D eigenvalue weighted by Crippen LogP contribution is 2.29. The van der Waals surface area contributed by atoms with Gasteiger partial charge < -0.3 is 19.7 Å². The van der Waals surface area contributed by atoms with Crippen molar-refractivity contribution >= 4 is 5.91 Å². The molecule has 0 aromatic heterocycles. The predicted molar refractivity (Wildman–Crippen MR) is 98.0 cm³/mol. The van der Waals surface area contributed by atoms with E-state index < -0.39 is 0 Å². The van der Waals surface area contributed by atoms with Crippen molar-refractivity contribution in [3.05, 3.63) is 54.1 Å². The minimum Gasteiger partial charge on any atom is -0.496 e. The molecule has 1 aliphatic heterocycles. The molecule has 0 saturated carbocycles. The van der Waals surface area contributed by atoms with Crippen molar-refractivity contribution < 1.29 is 14.3 Å². The SMILES string of the molecule is COc1ccccc1-c1ccc(C(=O)N[C@@H]2CN(C)C[C@H]2OC)cc1. The van der Waals surface area contributed by atoms with E-state index in [2.05, 4.69) is 10.2 Å². The van der Waals surface area contributed by atoms with Gasteiger partial charge in [0.2, 0.25) is 0 Å². The number of para-hydroxylation sites is 1. The van der Waals surface area contributed by atoms with Gasteiger partial charge in [-0.05, 0) is 30.8 Å². The third-order valence-electron chi connectivity index (χ3n) is 4.63. The fourth-order valence-electron chi connectivity index (χ4n) is 3.28. The average molecular weight is 340 g/mol. The summed E-state index contributed by atoms with van der Waals surface area (Å²) in [6.07, 6.45) is 0.0294. The third kappa shape index (κ3) is 3.83. The molecular weight excluding hydrogens is 316 g/mol. The molecule has 0 spiro atoms. The van der Waals surface area contributed by atoms with Gasteiger partial charge in [-0.3, -0.25) is 4.79 Å². The summed E-state index contributed by atoms with van der Waals surface area (Å²) >= 11 is 0. The Hall–Kier alpha value is -2.37. The monoisotopic (exact) mass is 340 g/mol. The molecule has 5 heteroatoms. The highest BCUT2D eigenvalue weighted by molar-refractivity contribution is 5.95. The molecule has 1 heterocycles. The van der Waals surface area contributed by atoms with E-state index >= 15 is 0 Å². The van der Waals surface area contributed by atoms with Crippen molar-refractivity contribution in [1.29, 1.82) is 0 Å². The van der Waals surface area contributed by atoms with Gasteiger partial charge >= 0.3 is 0 Å². The summed E-state index contributed by atoms with van der Waals surface area (Å²) in [5.41, 5.74) is 2.67. The Kier molecular flexibility index (Phi) is 5.36. The van der Waals surface area contributed by atoms with E-state index in [1.54, 1.807) is 14.2 Å². The number of carbonyl (C=O) groups is 1. The largest absolute Gasteiger partial charge is 0.496 e. The first-order valence-corrected chi connectivity index (χ1v) is 8.38. The van der Waals surface area contributed by atoms with Crippen LogP contribution in [-0.2, 0) is 4.74 Å². The maximum atomic E-state index is 12.5. The van der Waals surface area contributed by atoms with Crippen molar-refractivity contribution in [1.82, 2.24) is 10.2 Å². The van der Waals surface area contributed by atoms with Crippen molar-refractivity contribution in [2.75, 3.05) is 34.4 Å². The number of methoxy groups -OCH3 is 2. The van der Waals surface area contributed by atoms with Crippen LogP contribution in [0.15, 0.2) is 48.5 Å². The lowest BCUT2D eigenvalue weighted by Crippen LogP contribution is -2.43. The van der Waals surface area contributed by atoms with E-state index in [0.717, 1.165) is 30.0 Å². The van der Waals surface area contributed by atoms with Crippen LogP contribution in [0.1, 0.15) is 10.4 Å². The van der Waals surface area contributed by atoms with Gasteiger partial charge in [-0.25, -0.2) is 0 Å². The minimum absolute atomic E-state index is 0.0105. The second-order valence-corrected chi connectivity index (χ2v) is 6.35. The van der Waals surface area contributed by atoms with E-state index in [4.69, 9.17) is 9.47 Å². The molecule has 1 fully saturated rings. The average Bonchev–Trinajstić information content (AvgIpc) is 3.01. The highest BCUT2D eigenvalue weighted by Gasteiger charge is 2.32. The number of nitrogens with one attached hydrogen (secondary N) is 1. The van der Waals surface area contributed by atoms with E-state index in [-0.39, 0.29) is 18.1 Å². The van der Waals surface area contributed by atoms with Gasteiger partial charge in [0.05, 0.1) is 19.3 Å². The Labute approximate surface area is 148 Å². The van der Waals surface area contributed by atoms with Gasteiger partial charge in [-0.2, -0.15) is 0 Å². The zero-order valence-corrected chi connectivity index (χ0v) is 14.9. The van der Waals surface area contributed by atoms with E-state index in [1.165, 1.54) is 0 Å². The van der Waals surface area contributed by atoms with E-state index in [1.807, 2.05) is 55.6 Å². The molecule has 1 N–H and O–H groups in total. The molecule has 0 radical (unpaired) electrons. The number of ether oxygens (including phenoxy) is 2. The number of likely N-dealkylation sites (tertiary alicyclic amines) is 1. The maximum Gasteiger partial charge on any atom is 0.251 e. The van der Waals surface area contributed by atoms with Gasteiger partial charge in [0.15, 0.2) is 0 Å². The van der Waals surface area contributed by atoms with Gasteiger partial charge in [-0.15, -0.1) is 0 Å². The molecule has 2 aromatic rings. The van der Waals surface area contributed by atoms with Gasteiger partial charge in [-0.1, -0.05) is 30.3 Å². The number of hydrogen-bond donors (Lipinski definition) is 1. The van der Waals surface area contributed by atoms with Crippen LogP contribution in [0.3, 0.4) is 0 Å². The predicted octanol–water partition coefficient (Wildman–Crippen LogP) is 2.42. The van der Waals surface area contributed by atoms with Gasteiger partial charge in [0.1, 0.15) is 5.75 Å². The Bertz CT molecular complexity index is 730. The summed E-state index contributed by atoms with van der Waals surface area (Å²) in [6, 6.07) is 15.4. The second-order valence-electron chi connectivity index (χ2n) is 6.35. The summed E-state index contributed by atoms with van der Waals surface area (Å²) in [4.78, 5) is 14.7. The Morgan fingerprint density at radius 2 is 1.80 bits per heavy atom. The van der Waals surface area contributed by atoms with Gasteiger partial charge in [0.25, 0.3) is 5.91 Å². The number of likely N-dealkylation sites (N-methyl/N-ethyl adjacent to an activating group) is 1. The lowest BCUT2D eigenvalue weighted by molar-refractivity contribution is 0.0766. The number of nitrogens with zero attached hydrogens (tertiary/aromatic N) is 1. The number of amides is 1. The molecule has 132 valence electrons. The lowest BCUT2D eigenvalue weighted by atomic mass is 10.0. The zero-order valence-electron chi connectivity index (χ0n) is 14.9. The standard InChI is InChI=1S/C20H24N2O3/c1-22-12-17(19(13-22)25-3)21-20(23)15-10-8-14(9-11-15)16-6-4-5-7-18(16)24-2/h4-11,17,19H,12-13H2,1-3H3,(H,21,23)/t17-,19-/m1/s1. The first kappa shape index (κ1) is 17.5. The van der Waals surface area contributed by atoms with Crippen molar-refractivity contribution in [2.45, 2.75) is 12.1 Å². The fourth-order valence-corrected chi connectivity index (χ4v) is 3.28. The quantitative estimate of drug-likeness (QED) is 0.908. The smallest absolute Gasteiger partial charge is 0.251 e. The molecule has 3 rings (SSSR count). The first-order valence-electron chi connectivity index (χ1n) is 8.38. The number of benzene rings is 2. The molecule has 0 aliphatic carbocycles. The number of carbonyl (C=O) groups excluding carboxylic acids is 1. The van der Waals surface area contributed by atoms with Crippen LogP contribution in [0.5, 0.6) is 5.75 Å². The molecule has 1 amide bonds. The Morgan fingerprint density at radius 3 is 2.48 bits per heavy atom. The summed E-state index contributed by atoms with van der Waals surface area (Å²) in [7, 11) is 5.37. The number of hydrogen-bond acceptors (Lipinski definition) is 4. The topological polar surface area (TPSA) is 50.8 Å². The molecule has 5 nitrogen and oxygen atoms in total. The molecule has 25 heavy (non-hydrogen) atoms. The Balaban J connectivity index is 1.73. The maximum absolute atomic E-state index is 12.5. The van der Waals surface area contributed by atoms with Crippen LogP contribution in [0.25, 0.3) is 11.1 Å². The van der Waals surface area contributed by atoms with E-state index in [9.17, 15) is 4.79 Å². The molecule has 0 unspecified atom stereocenters. The van der Waals surface area contributed by atoms with Crippen LogP contribution < -0.4 is 10.1 Å². The van der Waals surface area contributed by atoms with Crippen molar-refractivity contribution in [2.24, 2.45) is 0 Å². The normalized spacial score (nSPS) is 20.4. The van der Waals surface area contributed by atoms with Crippen LogP contribution in [0.2, 0.25) is 0 Å². The second kappa shape index (κ2) is 7.68. The lowest BCUT2D eigenvalue weighted by Gasteiger charge is -2.18. The van der Waals surface area contributed by atoms with Crippen LogP contribution in [0, 0.1) is 0 Å². The molecule has 1 saturated heterocycles. The van der Waals surface area contributed by atoms with Crippen LogP contribution in [0.4, 0.5) is 0 Å². The van der Waals surface area contributed by atoms with Crippen molar-refractivity contribution in [3.8, 4) is 16.9 Å². The van der Waals surface area contributed by atoms with Gasteiger partial charge in [0, 0.05) is 31.3 Å². The summed E-state index contributed by atoms with van der Waals surface area (Å²) in [5.74, 6) is 0.741. The molecule has 1 aliphatic rings. The first-order chi connectivity index (χ1) is 12.1. The minimum atomic E-state index is -0.0751. The molecular formula is C20H24N2O3. The summed E-state index contributed by atoms with van der Waals surface area (Å²) in [5, 5.41) is 3.08. The van der Waals surface area contributed by atoms with Crippen LogP contribution >= 0.6 is 0 Å². The van der Waals surface area contributed by atoms with E-state index in [0.29, 0.717) is 5.56 Å². The molecule has 2 aromatic carbocycles. The highest BCUT2D eigenvalue weighted by atomic mass is 16.5. The summed E-state index contributed by atoms with van der Waals surface area (Å²) < 4.78 is 10.9. The fraction of sp³-hybridized carbons (Fsp3) is 0.350. The molecule has 0 bridgehead atoms.